The molecule has 0 bridgehead atoms. The van der Waals surface area contributed by atoms with Gasteiger partial charge in [-0.3, -0.25) is 0 Å². The summed E-state index contributed by atoms with van der Waals surface area (Å²) in [6.45, 7) is 0.751. The summed E-state index contributed by atoms with van der Waals surface area (Å²) in [5.74, 6) is 6.96. The van der Waals surface area contributed by atoms with Gasteiger partial charge in [-0.25, -0.2) is 15.8 Å². The van der Waals surface area contributed by atoms with Crippen LogP contribution in [0.25, 0.3) is 0 Å². The van der Waals surface area contributed by atoms with Crippen LogP contribution in [0.4, 0.5) is 11.6 Å². The number of nitrogen functional groups attached to an aromatic ring is 1. The lowest BCUT2D eigenvalue weighted by Crippen LogP contribution is -2.13. The molecule has 0 radical (unpaired) electrons. The molecule has 0 unspecified atom stereocenters. The van der Waals surface area contributed by atoms with E-state index in [2.05, 4.69) is 32.8 Å². The van der Waals surface area contributed by atoms with E-state index >= 15 is 0 Å². The molecule has 0 aliphatic carbocycles. The van der Waals surface area contributed by atoms with Crippen LogP contribution in [0.2, 0.25) is 0 Å². The zero-order valence-electron chi connectivity index (χ0n) is 10.8. The van der Waals surface area contributed by atoms with Crippen LogP contribution >= 0.6 is 0 Å². The molecule has 2 aromatic rings. The van der Waals surface area contributed by atoms with E-state index in [0.29, 0.717) is 17.4 Å². The summed E-state index contributed by atoms with van der Waals surface area (Å²) in [5, 5.41) is 3.22. The van der Waals surface area contributed by atoms with E-state index in [1.54, 1.807) is 7.11 Å². The molecule has 1 heterocycles. The number of ether oxygens (including phenoxy) is 1. The molecule has 4 N–H and O–H groups in total. The fourth-order valence-electron chi connectivity index (χ4n) is 1.77. The number of methoxy groups -OCH3 is 1. The van der Waals surface area contributed by atoms with Crippen LogP contribution < -0.4 is 21.3 Å². The van der Waals surface area contributed by atoms with E-state index in [1.165, 1.54) is 11.9 Å². The van der Waals surface area contributed by atoms with Crippen molar-refractivity contribution in [1.82, 2.24) is 9.97 Å². The van der Waals surface area contributed by atoms with Crippen molar-refractivity contribution >= 4 is 11.6 Å². The number of benzene rings is 1. The summed E-state index contributed by atoms with van der Waals surface area (Å²) >= 11 is 0. The van der Waals surface area contributed by atoms with Crippen LogP contribution in [0.1, 0.15) is 5.56 Å². The molecule has 0 saturated heterocycles. The van der Waals surface area contributed by atoms with Crippen molar-refractivity contribution in [2.75, 3.05) is 24.4 Å². The summed E-state index contributed by atoms with van der Waals surface area (Å²) in [5.41, 5.74) is 3.74. The second kappa shape index (κ2) is 6.55. The quantitative estimate of drug-likeness (QED) is 0.537. The molecule has 6 nitrogen and oxygen atoms in total. The summed E-state index contributed by atoms with van der Waals surface area (Å²) in [7, 11) is 1.56. The molecule has 0 aliphatic heterocycles. The predicted molar refractivity (Wildman–Crippen MR) is 75.0 cm³/mol. The largest absolute Gasteiger partial charge is 0.490 e. The van der Waals surface area contributed by atoms with Gasteiger partial charge in [0.25, 0.3) is 0 Å². The zero-order chi connectivity index (χ0) is 13.5. The highest BCUT2D eigenvalue weighted by atomic mass is 16.5. The third-order valence-electron chi connectivity index (χ3n) is 2.69. The molecule has 0 fully saturated rings. The molecule has 1 aromatic heterocycles. The Morgan fingerprint density at radius 3 is 2.58 bits per heavy atom. The Hall–Kier alpha value is -2.34. The highest BCUT2D eigenvalue weighted by Gasteiger charge is 2.10. The molecule has 0 spiro atoms. The smallest absolute Gasteiger partial charge is 0.205 e. The van der Waals surface area contributed by atoms with Crippen molar-refractivity contribution in [1.29, 1.82) is 0 Å². The Kier molecular flexibility index (Phi) is 4.52. The van der Waals surface area contributed by atoms with E-state index in [0.717, 1.165) is 13.0 Å². The first kappa shape index (κ1) is 13.1. The molecule has 0 saturated carbocycles. The van der Waals surface area contributed by atoms with Crippen molar-refractivity contribution in [2.45, 2.75) is 6.42 Å². The van der Waals surface area contributed by atoms with Gasteiger partial charge in [-0.2, -0.15) is 0 Å². The fourth-order valence-corrected chi connectivity index (χ4v) is 1.77. The van der Waals surface area contributed by atoms with Gasteiger partial charge < -0.3 is 15.5 Å². The molecule has 0 atom stereocenters. The average molecular weight is 259 g/mol. The van der Waals surface area contributed by atoms with Crippen LogP contribution in [0.3, 0.4) is 0 Å². The highest BCUT2D eigenvalue weighted by molar-refractivity contribution is 5.62. The minimum absolute atomic E-state index is 0.458. The number of aromatic nitrogens is 2. The normalized spacial score (nSPS) is 10.0. The third-order valence-corrected chi connectivity index (χ3v) is 2.69. The maximum atomic E-state index is 5.37. The molecule has 19 heavy (non-hydrogen) atoms. The van der Waals surface area contributed by atoms with Crippen molar-refractivity contribution in [3.8, 4) is 5.75 Å². The van der Waals surface area contributed by atoms with Crippen LogP contribution in [0.15, 0.2) is 36.7 Å². The van der Waals surface area contributed by atoms with Gasteiger partial charge in [0.05, 0.1) is 7.11 Å². The first-order valence-electron chi connectivity index (χ1n) is 5.98. The standard InChI is InChI=1S/C13H17N5O/c1-19-11-12(16-9-17-13(11)18-14)15-8-7-10-5-3-2-4-6-10/h2-6,9H,7-8,14H2,1H3,(H2,15,16,17,18). The Labute approximate surface area is 112 Å². The maximum absolute atomic E-state index is 5.37. The fraction of sp³-hybridized carbons (Fsp3) is 0.231. The number of hydrazine groups is 1. The Bertz CT molecular complexity index is 518. The van der Waals surface area contributed by atoms with E-state index in [-0.39, 0.29) is 0 Å². The van der Waals surface area contributed by atoms with E-state index in [4.69, 9.17) is 10.6 Å². The molecule has 1 aromatic carbocycles. The number of hydrogen-bond acceptors (Lipinski definition) is 6. The first-order valence-corrected chi connectivity index (χ1v) is 5.98. The van der Waals surface area contributed by atoms with Gasteiger partial charge in [0.1, 0.15) is 6.33 Å². The minimum Gasteiger partial charge on any atom is -0.490 e. The number of nitrogens with one attached hydrogen (secondary N) is 2. The molecular weight excluding hydrogens is 242 g/mol. The van der Waals surface area contributed by atoms with E-state index < -0.39 is 0 Å². The van der Waals surface area contributed by atoms with Gasteiger partial charge in [-0.15, -0.1) is 0 Å². The van der Waals surface area contributed by atoms with E-state index in [9.17, 15) is 0 Å². The lowest BCUT2D eigenvalue weighted by atomic mass is 10.1. The number of anilines is 2. The van der Waals surface area contributed by atoms with Gasteiger partial charge >= 0.3 is 0 Å². The maximum Gasteiger partial charge on any atom is 0.205 e. The van der Waals surface area contributed by atoms with Crippen molar-refractivity contribution in [2.24, 2.45) is 5.84 Å². The van der Waals surface area contributed by atoms with Crippen LogP contribution in [0, 0.1) is 0 Å². The topological polar surface area (TPSA) is 85.1 Å². The van der Waals surface area contributed by atoms with Crippen LogP contribution in [-0.2, 0) is 6.42 Å². The summed E-state index contributed by atoms with van der Waals surface area (Å²) < 4.78 is 5.24. The summed E-state index contributed by atoms with van der Waals surface area (Å²) in [6.07, 6.45) is 2.34. The second-order valence-corrected chi connectivity index (χ2v) is 3.91. The number of hydrogen-bond donors (Lipinski definition) is 3. The van der Waals surface area contributed by atoms with Gasteiger partial charge in [-0.05, 0) is 12.0 Å². The van der Waals surface area contributed by atoms with Gasteiger partial charge in [-0.1, -0.05) is 30.3 Å². The van der Waals surface area contributed by atoms with Gasteiger partial charge in [0, 0.05) is 6.54 Å². The number of rotatable bonds is 6. The summed E-state index contributed by atoms with van der Waals surface area (Å²) in [4.78, 5) is 8.13. The van der Waals surface area contributed by atoms with Gasteiger partial charge in [0.15, 0.2) is 11.6 Å². The van der Waals surface area contributed by atoms with Crippen molar-refractivity contribution in [3.63, 3.8) is 0 Å². The number of nitrogens with zero attached hydrogens (tertiary/aromatic N) is 2. The molecular formula is C13H17N5O. The molecule has 100 valence electrons. The lowest BCUT2D eigenvalue weighted by Gasteiger charge is -2.12. The number of nitrogens with two attached hydrogens (primary N) is 1. The summed E-state index contributed by atoms with van der Waals surface area (Å²) in [6, 6.07) is 10.2. The van der Waals surface area contributed by atoms with Crippen molar-refractivity contribution in [3.05, 3.63) is 42.2 Å². The van der Waals surface area contributed by atoms with Crippen molar-refractivity contribution < 1.29 is 4.74 Å². The lowest BCUT2D eigenvalue weighted by molar-refractivity contribution is 0.414. The highest BCUT2D eigenvalue weighted by Crippen LogP contribution is 2.27. The SMILES string of the molecule is COc1c(NN)ncnc1NCCc1ccccc1. The molecule has 6 heteroatoms. The van der Waals surface area contributed by atoms with Crippen LogP contribution in [-0.4, -0.2) is 23.6 Å². The molecule has 0 aliphatic rings. The van der Waals surface area contributed by atoms with Gasteiger partial charge in [0.2, 0.25) is 5.75 Å². The Balaban J connectivity index is 2.00. The average Bonchev–Trinajstić information content (AvgIpc) is 2.48. The molecule has 0 amide bonds. The van der Waals surface area contributed by atoms with Crippen LogP contribution in [0.5, 0.6) is 5.75 Å². The predicted octanol–water partition coefficient (Wildman–Crippen LogP) is 1.43. The minimum atomic E-state index is 0.458. The van der Waals surface area contributed by atoms with E-state index in [1.807, 2.05) is 18.2 Å². The monoisotopic (exact) mass is 259 g/mol. The second-order valence-electron chi connectivity index (χ2n) is 3.91. The molecule has 2 rings (SSSR count). The first-order chi connectivity index (χ1) is 9.35. The Morgan fingerprint density at radius 1 is 1.16 bits per heavy atom. The third kappa shape index (κ3) is 3.32. The zero-order valence-corrected chi connectivity index (χ0v) is 10.8. The Morgan fingerprint density at radius 2 is 1.89 bits per heavy atom.